The van der Waals surface area contributed by atoms with Gasteiger partial charge in [-0.2, -0.15) is 0 Å². The molecule has 0 aromatic carbocycles. The highest BCUT2D eigenvalue weighted by Gasteiger charge is 2.50. The maximum absolute atomic E-state index is 13.0. The first-order chi connectivity index (χ1) is 11.0. The van der Waals surface area contributed by atoms with E-state index in [1.165, 1.54) is 7.11 Å². The topological polar surface area (TPSA) is 85.6 Å². The molecule has 6 heteroatoms. The number of carbonyl (C=O) groups excluding carboxylic acids is 3. The second-order valence-corrected chi connectivity index (χ2v) is 6.05. The fraction of sp³-hybridized carbons (Fsp3) is 0.471. The zero-order valence-electron chi connectivity index (χ0n) is 13.0. The minimum absolute atomic E-state index is 0.104. The van der Waals surface area contributed by atoms with Crippen LogP contribution in [0.3, 0.4) is 0 Å². The van der Waals surface area contributed by atoms with Crippen LogP contribution in [0.1, 0.15) is 44.2 Å². The molecular weight excluding hydrogens is 298 g/mol. The average Bonchev–Trinajstić information content (AvgIpc) is 3.20. The van der Waals surface area contributed by atoms with Crippen LogP contribution >= 0.6 is 0 Å². The van der Waals surface area contributed by atoms with Crippen molar-refractivity contribution in [3.05, 3.63) is 29.6 Å². The van der Waals surface area contributed by atoms with Gasteiger partial charge in [0.25, 0.3) is 0 Å². The summed E-state index contributed by atoms with van der Waals surface area (Å²) in [5.74, 6) is -1.63. The Balaban J connectivity index is 1.99. The van der Waals surface area contributed by atoms with E-state index in [0.717, 1.165) is 12.8 Å². The lowest BCUT2D eigenvalue weighted by Gasteiger charge is -2.35. The lowest BCUT2D eigenvalue weighted by molar-refractivity contribution is -0.142. The SMILES string of the molecule is COC(=O)CCC(=O)C1=C(O)c2cccn2C2(CCCC2)C1=O. The third kappa shape index (κ3) is 2.29. The van der Waals surface area contributed by atoms with Crippen molar-refractivity contribution in [1.82, 2.24) is 4.57 Å². The molecule has 0 saturated heterocycles. The lowest BCUT2D eigenvalue weighted by atomic mass is 9.81. The van der Waals surface area contributed by atoms with Crippen molar-refractivity contribution in [3.8, 4) is 0 Å². The van der Waals surface area contributed by atoms with Gasteiger partial charge >= 0.3 is 5.97 Å². The molecule has 23 heavy (non-hydrogen) atoms. The Hall–Kier alpha value is -2.37. The maximum Gasteiger partial charge on any atom is 0.305 e. The first-order valence-electron chi connectivity index (χ1n) is 7.77. The first kappa shape index (κ1) is 15.5. The van der Waals surface area contributed by atoms with Crippen molar-refractivity contribution < 1.29 is 24.2 Å². The van der Waals surface area contributed by atoms with Gasteiger partial charge in [0.1, 0.15) is 11.1 Å². The van der Waals surface area contributed by atoms with Crippen LogP contribution in [0.25, 0.3) is 5.76 Å². The highest BCUT2D eigenvalue weighted by Crippen LogP contribution is 2.45. The minimum atomic E-state index is -0.763. The largest absolute Gasteiger partial charge is 0.505 e. The number of aromatic nitrogens is 1. The molecule has 1 aromatic heterocycles. The summed E-state index contributed by atoms with van der Waals surface area (Å²) in [6, 6.07) is 3.47. The lowest BCUT2D eigenvalue weighted by Crippen LogP contribution is -2.45. The van der Waals surface area contributed by atoms with Gasteiger partial charge < -0.3 is 14.4 Å². The van der Waals surface area contributed by atoms with Crippen molar-refractivity contribution in [1.29, 1.82) is 0 Å². The summed E-state index contributed by atoms with van der Waals surface area (Å²) in [5.41, 5.74) is -0.434. The van der Waals surface area contributed by atoms with Gasteiger partial charge in [-0.1, -0.05) is 12.8 Å². The molecule has 1 spiro atoms. The second kappa shape index (κ2) is 5.68. The Labute approximate surface area is 133 Å². The van der Waals surface area contributed by atoms with Gasteiger partial charge in [0.2, 0.25) is 0 Å². The third-order valence-electron chi connectivity index (χ3n) is 4.83. The molecule has 1 aromatic rings. The number of ether oxygens (including phenoxy) is 1. The molecule has 0 atom stereocenters. The summed E-state index contributed by atoms with van der Waals surface area (Å²) in [5, 5.41) is 10.4. The molecular formula is C17H19NO5. The van der Waals surface area contributed by atoms with Gasteiger partial charge in [-0.3, -0.25) is 14.4 Å². The van der Waals surface area contributed by atoms with Crippen molar-refractivity contribution in [2.45, 2.75) is 44.1 Å². The molecule has 1 aliphatic carbocycles. The quantitative estimate of drug-likeness (QED) is 0.679. The molecule has 1 saturated carbocycles. The Morgan fingerprint density at radius 2 is 2.00 bits per heavy atom. The van der Waals surface area contributed by atoms with Crippen LogP contribution in [0.15, 0.2) is 23.9 Å². The van der Waals surface area contributed by atoms with Crippen molar-refractivity contribution >= 4 is 23.3 Å². The normalized spacial score (nSPS) is 19.1. The standard InChI is InChI=1S/C17H19NO5/c1-23-13(20)7-6-12(19)14-15(21)11-5-4-10-18(11)17(16(14)22)8-2-3-9-17/h4-5,10,21H,2-3,6-9H2,1H3. The molecule has 0 radical (unpaired) electrons. The number of rotatable bonds is 4. The fourth-order valence-corrected chi connectivity index (χ4v) is 3.65. The number of hydrogen-bond donors (Lipinski definition) is 1. The number of allylic oxidation sites excluding steroid dienone is 1. The van der Waals surface area contributed by atoms with E-state index in [0.29, 0.717) is 18.5 Å². The number of aliphatic hydroxyl groups is 1. The summed E-state index contributed by atoms with van der Waals surface area (Å²) in [7, 11) is 1.25. The van der Waals surface area contributed by atoms with Crippen LogP contribution in [0.4, 0.5) is 0 Å². The molecule has 2 heterocycles. The van der Waals surface area contributed by atoms with Crippen LogP contribution in [-0.2, 0) is 24.7 Å². The van der Waals surface area contributed by atoms with E-state index >= 15 is 0 Å². The zero-order chi connectivity index (χ0) is 16.6. The smallest absolute Gasteiger partial charge is 0.305 e. The van der Waals surface area contributed by atoms with E-state index < -0.39 is 17.3 Å². The van der Waals surface area contributed by atoms with E-state index in [1.54, 1.807) is 22.9 Å². The third-order valence-corrected chi connectivity index (χ3v) is 4.83. The highest BCUT2D eigenvalue weighted by atomic mass is 16.5. The molecule has 0 bridgehead atoms. The number of nitrogens with zero attached hydrogens (tertiary/aromatic N) is 1. The van der Waals surface area contributed by atoms with Gasteiger partial charge in [0, 0.05) is 12.6 Å². The number of ketones is 2. The Morgan fingerprint density at radius 1 is 1.30 bits per heavy atom. The molecule has 0 amide bonds. The van der Waals surface area contributed by atoms with E-state index in [-0.39, 0.29) is 30.0 Å². The number of Topliss-reactive ketones (excluding diaryl/α,β-unsaturated/α-hetero) is 2. The average molecular weight is 317 g/mol. The number of methoxy groups -OCH3 is 1. The summed E-state index contributed by atoms with van der Waals surface area (Å²) in [6.45, 7) is 0. The summed E-state index contributed by atoms with van der Waals surface area (Å²) >= 11 is 0. The van der Waals surface area contributed by atoms with E-state index in [2.05, 4.69) is 4.74 Å². The van der Waals surface area contributed by atoms with E-state index in [1.807, 2.05) is 0 Å². The number of carbonyl (C=O) groups is 3. The number of aliphatic hydroxyl groups excluding tert-OH is 1. The van der Waals surface area contributed by atoms with Crippen LogP contribution in [-0.4, -0.2) is 34.3 Å². The predicted molar refractivity (Wildman–Crippen MR) is 81.7 cm³/mol. The number of fused-ring (bicyclic) bond motifs is 2. The van der Waals surface area contributed by atoms with Crippen molar-refractivity contribution in [2.75, 3.05) is 7.11 Å². The van der Waals surface area contributed by atoms with Gasteiger partial charge in [0.15, 0.2) is 17.3 Å². The van der Waals surface area contributed by atoms with Crippen LogP contribution < -0.4 is 0 Å². The first-order valence-corrected chi connectivity index (χ1v) is 7.77. The molecule has 1 fully saturated rings. The fourth-order valence-electron chi connectivity index (χ4n) is 3.65. The highest BCUT2D eigenvalue weighted by molar-refractivity contribution is 6.27. The minimum Gasteiger partial charge on any atom is -0.505 e. The van der Waals surface area contributed by atoms with Gasteiger partial charge in [-0.15, -0.1) is 0 Å². The monoisotopic (exact) mass is 317 g/mol. The number of hydrogen-bond acceptors (Lipinski definition) is 5. The van der Waals surface area contributed by atoms with Crippen molar-refractivity contribution in [2.24, 2.45) is 0 Å². The van der Waals surface area contributed by atoms with Gasteiger partial charge in [-0.05, 0) is 25.0 Å². The summed E-state index contributed by atoms with van der Waals surface area (Å²) in [4.78, 5) is 36.7. The summed E-state index contributed by atoms with van der Waals surface area (Å²) in [6.07, 6.45) is 4.68. The molecule has 122 valence electrons. The van der Waals surface area contributed by atoms with Crippen molar-refractivity contribution in [3.63, 3.8) is 0 Å². The van der Waals surface area contributed by atoms with Crippen LogP contribution in [0, 0.1) is 0 Å². The molecule has 0 unspecified atom stereocenters. The Kier molecular flexibility index (Phi) is 3.83. The molecule has 3 rings (SSSR count). The molecule has 6 nitrogen and oxygen atoms in total. The van der Waals surface area contributed by atoms with Crippen LogP contribution in [0.5, 0.6) is 0 Å². The Bertz CT molecular complexity index is 706. The zero-order valence-corrected chi connectivity index (χ0v) is 13.0. The van der Waals surface area contributed by atoms with E-state index in [4.69, 9.17) is 0 Å². The summed E-state index contributed by atoms with van der Waals surface area (Å²) < 4.78 is 6.32. The molecule has 2 aliphatic rings. The van der Waals surface area contributed by atoms with Crippen LogP contribution in [0.2, 0.25) is 0 Å². The Morgan fingerprint density at radius 3 is 2.65 bits per heavy atom. The van der Waals surface area contributed by atoms with Gasteiger partial charge in [0.05, 0.1) is 19.2 Å². The second-order valence-electron chi connectivity index (χ2n) is 6.05. The van der Waals surface area contributed by atoms with Gasteiger partial charge in [-0.25, -0.2) is 0 Å². The predicted octanol–water partition coefficient (Wildman–Crippen LogP) is 2.13. The number of esters is 1. The maximum atomic E-state index is 13.0. The molecule has 1 N–H and O–H groups in total. The van der Waals surface area contributed by atoms with E-state index in [9.17, 15) is 19.5 Å². The molecule has 1 aliphatic heterocycles.